The fourth-order valence-electron chi connectivity index (χ4n) is 2.40. The highest BCUT2D eigenvalue weighted by Gasteiger charge is 2.13. The molecule has 0 aliphatic carbocycles. The molecule has 2 aromatic carbocycles. The molecule has 0 unspecified atom stereocenters. The minimum atomic E-state index is -0.509. The lowest BCUT2D eigenvalue weighted by molar-refractivity contribution is -0.385. The van der Waals surface area contributed by atoms with Crippen molar-refractivity contribution in [1.82, 2.24) is 16.2 Å². The Kier molecular flexibility index (Phi) is 6.02. The quantitative estimate of drug-likeness (QED) is 0.302. The van der Waals surface area contributed by atoms with E-state index in [4.69, 9.17) is 21.7 Å². The highest BCUT2D eigenvalue weighted by molar-refractivity contribution is 7.80. The molecule has 0 spiro atoms. The molecule has 3 rings (SSSR count). The first-order chi connectivity index (χ1) is 13.5. The van der Waals surface area contributed by atoms with Gasteiger partial charge in [-0.2, -0.15) is 0 Å². The maximum Gasteiger partial charge on any atom is 0.276 e. The standard InChI is InChI=1S/C18H16N4O5S/c23-17(8-6-13-3-1-2-4-14(13)22(24)25)20-21-18(28)19-10-12-5-7-15-16(9-12)27-11-26-15/h1-9H,10-11H2,(H,20,23)(H2,19,21,28)/b8-6+. The number of carbonyl (C=O) groups is 1. The maximum atomic E-state index is 11.9. The van der Waals surface area contributed by atoms with Gasteiger partial charge in [0.2, 0.25) is 6.79 Å². The van der Waals surface area contributed by atoms with Crippen LogP contribution in [0.4, 0.5) is 5.69 Å². The van der Waals surface area contributed by atoms with E-state index < -0.39 is 10.8 Å². The smallest absolute Gasteiger partial charge is 0.276 e. The number of ether oxygens (including phenoxy) is 2. The first-order valence-corrected chi connectivity index (χ1v) is 8.57. The van der Waals surface area contributed by atoms with Crippen LogP contribution in [0.25, 0.3) is 6.08 Å². The number of thiocarbonyl (C=S) groups is 1. The Morgan fingerprint density at radius 1 is 1.18 bits per heavy atom. The molecule has 1 aliphatic rings. The van der Waals surface area contributed by atoms with Gasteiger partial charge in [-0.1, -0.05) is 18.2 Å². The lowest BCUT2D eigenvalue weighted by Crippen LogP contribution is -2.45. The summed E-state index contributed by atoms with van der Waals surface area (Å²) in [6, 6.07) is 11.6. The van der Waals surface area contributed by atoms with Crippen LogP contribution < -0.4 is 25.6 Å². The normalized spacial score (nSPS) is 11.9. The first kappa shape index (κ1) is 19.1. The molecule has 3 N–H and O–H groups in total. The van der Waals surface area contributed by atoms with Crippen molar-refractivity contribution >= 4 is 35.0 Å². The van der Waals surface area contributed by atoms with E-state index in [1.807, 2.05) is 18.2 Å². The van der Waals surface area contributed by atoms with Gasteiger partial charge in [0.1, 0.15) is 0 Å². The van der Waals surface area contributed by atoms with E-state index >= 15 is 0 Å². The van der Waals surface area contributed by atoms with Crippen LogP contribution in [-0.2, 0) is 11.3 Å². The highest BCUT2D eigenvalue weighted by Crippen LogP contribution is 2.32. The lowest BCUT2D eigenvalue weighted by atomic mass is 10.1. The predicted molar refractivity (Wildman–Crippen MR) is 105 cm³/mol. The van der Waals surface area contributed by atoms with E-state index in [2.05, 4.69) is 16.2 Å². The molecule has 1 amide bonds. The second-order valence-corrected chi connectivity index (χ2v) is 6.04. The molecular weight excluding hydrogens is 384 g/mol. The Morgan fingerprint density at radius 2 is 1.96 bits per heavy atom. The summed E-state index contributed by atoms with van der Waals surface area (Å²) >= 11 is 5.10. The fraction of sp³-hybridized carbons (Fsp3) is 0.111. The van der Waals surface area contributed by atoms with Gasteiger partial charge < -0.3 is 14.8 Å². The van der Waals surface area contributed by atoms with Crippen molar-refractivity contribution in [3.8, 4) is 11.5 Å². The van der Waals surface area contributed by atoms with Gasteiger partial charge in [-0.3, -0.25) is 25.8 Å². The molecular formula is C18H16N4O5S. The average molecular weight is 400 g/mol. The highest BCUT2D eigenvalue weighted by atomic mass is 32.1. The van der Waals surface area contributed by atoms with Crippen LogP contribution in [0.2, 0.25) is 0 Å². The Hall–Kier alpha value is -3.66. The Balaban J connectivity index is 1.45. The van der Waals surface area contributed by atoms with Crippen molar-refractivity contribution in [3.05, 3.63) is 69.8 Å². The van der Waals surface area contributed by atoms with E-state index in [0.717, 1.165) is 5.56 Å². The third-order valence-electron chi connectivity index (χ3n) is 3.74. The largest absolute Gasteiger partial charge is 0.454 e. The van der Waals surface area contributed by atoms with Gasteiger partial charge in [0, 0.05) is 18.7 Å². The van der Waals surface area contributed by atoms with Crippen molar-refractivity contribution in [2.75, 3.05) is 6.79 Å². The number of carbonyl (C=O) groups excluding carboxylic acids is 1. The maximum absolute atomic E-state index is 11.9. The Bertz CT molecular complexity index is 947. The van der Waals surface area contributed by atoms with Gasteiger partial charge in [-0.25, -0.2) is 0 Å². The number of hydrogen-bond donors (Lipinski definition) is 3. The van der Waals surface area contributed by atoms with Crippen molar-refractivity contribution in [2.24, 2.45) is 0 Å². The van der Waals surface area contributed by atoms with E-state index in [1.54, 1.807) is 18.2 Å². The second-order valence-electron chi connectivity index (χ2n) is 5.63. The lowest BCUT2D eigenvalue weighted by Gasteiger charge is -2.11. The van der Waals surface area contributed by atoms with Crippen molar-refractivity contribution in [1.29, 1.82) is 0 Å². The van der Waals surface area contributed by atoms with Gasteiger partial charge in [0.15, 0.2) is 16.6 Å². The van der Waals surface area contributed by atoms with Crippen LogP contribution >= 0.6 is 12.2 Å². The summed E-state index contributed by atoms with van der Waals surface area (Å²) < 4.78 is 10.6. The minimum Gasteiger partial charge on any atom is -0.454 e. The fourth-order valence-corrected chi connectivity index (χ4v) is 2.52. The first-order valence-electron chi connectivity index (χ1n) is 8.17. The molecule has 0 saturated carbocycles. The van der Waals surface area contributed by atoms with E-state index in [-0.39, 0.29) is 17.6 Å². The zero-order chi connectivity index (χ0) is 19.9. The third kappa shape index (κ3) is 4.95. The molecule has 0 atom stereocenters. The van der Waals surface area contributed by atoms with Gasteiger partial charge >= 0.3 is 0 Å². The summed E-state index contributed by atoms with van der Waals surface area (Å²) in [6.45, 7) is 0.627. The van der Waals surface area contributed by atoms with Gasteiger partial charge in [-0.05, 0) is 42.1 Å². The number of para-hydroxylation sites is 1. The monoisotopic (exact) mass is 400 g/mol. The zero-order valence-corrected chi connectivity index (χ0v) is 15.3. The number of nitro groups is 1. The molecule has 0 saturated heterocycles. The molecule has 0 bridgehead atoms. The van der Waals surface area contributed by atoms with Crippen LogP contribution in [0.3, 0.4) is 0 Å². The number of fused-ring (bicyclic) bond motifs is 1. The van der Waals surface area contributed by atoms with Crippen LogP contribution in [0.5, 0.6) is 11.5 Å². The summed E-state index contributed by atoms with van der Waals surface area (Å²) in [6.07, 6.45) is 2.54. The van der Waals surface area contributed by atoms with Crippen LogP contribution in [0, 0.1) is 10.1 Å². The van der Waals surface area contributed by atoms with E-state index in [1.165, 1.54) is 18.2 Å². The van der Waals surface area contributed by atoms with Crippen LogP contribution in [-0.4, -0.2) is 22.7 Å². The number of amides is 1. The summed E-state index contributed by atoms with van der Waals surface area (Å²) in [5.41, 5.74) is 6.11. The van der Waals surface area contributed by atoms with Crippen molar-refractivity contribution in [3.63, 3.8) is 0 Å². The second kappa shape index (κ2) is 8.82. The van der Waals surface area contributed by atoms with Gasteiger partial charge in [0.05, 0.1) is 10.5 Å². The molecule has 9 nitrogen and oxygen atoms in total. The molecule has 1 heterocycles. The summed E-state index contributed by atoms with van der Waals surface area (Å²) in [7, 11) is 0. The SMILES string of the molecule is O=C(/C=C/c1ccccc1[N+](=O)[O-])NNC(=S)NCc1ccc2c(c1)OCO2. The number of nitrogens with zero attached hydrogens (tertiary/aromatic N) is 1. The third-order valence-corrected chi connectivity index (χ3v) is 3.98. The molecule has 10 heteroatoms. The number of rotatable bonds is 5. The Morgan fingerprint density at radius 3 is 2.79 bits per heavy atom. The molecule has 1 aliphatic heterocycles. The van der Waals surface area contributed by atoms with Crippen LogP contribution in [0.1, 0.15) is 11.1 Å². The molecule has 0 radical (unpaired) electrons. The number of nitro benzene ring substituents is 1. The molecule has 28 heavy (non-hydrogen) atoms. The van der Waals surface area contributed by atoms with Crippen molar-refractivity contribution in [2.45, 2.75) is 6.54 Å². The van der Waals surface area contributed by atoms with E-state index in [9.17, 15) is 14.9 Å². The minimum absolute atomic E-state index is 0.0829. The summed E-state index contributed by atoms with van der Waals surface area (Å²) in [4.78, 5) is 22.3. The summed E-state index contributed by atoms with van der Waals surface area (Å²) in [5.74, 6) is 0.860. The van der Waals surface area contributed by atoms with Crippen LogP contribution in [0.15, 0.2) is 48.5 Å². The van der Waals surface area contributed by atoms with Gasteiger partial charge in [0.25, 0.3) is 11.6 Å². The topological polar surface area (TPSA) is 115 Å². The molecule has 144 valence electrons. The summed E-state index contributed by atoms with van der Waals surface area (Å²) in [5, 5.41) is 14.1. The Labute approximate surface area is 165 Å². The molecule has 0 fully saturated rings. The van der Waals surface area contributed by atoms with E-state index in [0.29, 0.717) is 23.6 Å². The van der Waals surface area contributed by atoms with Gasteiger partial charge in [-0.15, -0.1) is 0 Å². The average Bonchev–Trinajstić information content (AvgIpc) is 3.17. The predicted octanol–water partition coefficient (Wildman–Crippen LogP) is 2.03. The number of nitrogens with one attached hydrogen (secondary N) is 3. The molecule has 2 aromatic rings. The number of hydrazine groups is 1. The molecule has 0 aromatic heterocycles. The van der Waals surface area contributed by atoms with Crippen molar-refractivity contribution < 1.29 is 19.2 Å². The number of hydrogen-bond acceptors (Lipinski definition) is 6. The zero-order valence-electron chi connectivity index (χ0n) is 14.5. The number of benzene rings is 2.